The highest BCUT2D eigenvalue weighted by atomic mass is 35.5. The van der Waals surface area contributed by atoms with Gasteiger partial charge < -0.3 is 5.11 Å². The first-order valence-corrected chi connectivity index (χ1v) is 6.07. The molecule has 1 fully saturated rings. The van der Waals surface area contributed by atoms with E-state index in [2.05, 4.69) is 0 Å². The van der Waals surface area contributed by atoms with E-state index >= 15 is 0 Å². The molecular formula is C13H17ClO. The summed E-state index contributed by atoms with van der Waals surface area (Å²) in [4.78, 5) is 0. The normalized spacial score (nSPS) is 19.3. The fourth-order valence-electron chi connectivity index (χ4n) is 2.41. The second-order valence-electron chi connectivity index (χ2n) is 4.46. The summed E-state index contributed by atoms with van der Waals surface area (Å²) < 4.78 is 0. The largest absolute Gasteiger partial charge is 0.388 e. The van der Waals surface area contributed by atoms with Gasteiger partial charge in [0, 0.05) is 5.02 Å². The van der Waals surface area contributed by atoms with Crippen molar-refractivity contribution in [3.63, 3.8) is 0 Å². The maximum absolute atomic E-state index is 10.0. The molecule has 2 heteroatoms. The molecule has 0 saturated heterocycles. The van der Waals surface area contributed by atoms with E-state index in [1.807, 2.05) is 24.3 Å². The highest BCUT2D eigenvalue weighted by Crippen LogP contribution is 2.33. The third-order valence-corrected chi connectivity index (χ3v) is 3.50. The van der Waals surface area contributed by atoms with E-state index in [0.29, 0.717) is 10.9 Å². The second-order valence-corrected chi connectivity index (χ2v) is 4.89. The Morgan fingerprint density at radius 1 is 1.33 bits per heavy atom. The number of benzene rings is 1. The fourth-order valence-corrected chi connectivity index (χ4v) is 2.61. The van der Waals surface area contributed by atoms with Gasteiger partial charge >= 0.3 is 0 Å². The van der Waals surface area contributed by atoms with Crippen LogP contribution < -0.4 is 0 Å². The molecule has 0 aromatic heterocycles. The van der Waals surface area contributed by atoms with Gasteiger partial charge in [0.25, 0.3) is 0 Å². The lowest BCUT2D eigenvalue weighted by Crippen LogP contribution is -2.04. The van der Waals surface area contributed by atoms with Crippen LogP contribution >= 0.6 is 11.6 Å². The Labute approximate surface area is 96.1 Å². The average Bonchev–Trinajstić information content (AvgIpc) is 2.70. The van der Waals surface area contributed by atoms with E-state index in [9.17, 15) is 5.11 Å². The standard InChI is InChI=1S/C13H17ClO/c14-12-7-3-6-11(9-12)13(15)8-10-4-1-2-5-10/h3,6-7,9-10,13,15H,1-2,4-5,8H2. The molecule has 0 amide bonds. The molecule has 1 aliphatic carbocycles. The van der Waals surface area contributed by atoms with Gasteiger partial charge in [-0.25, -0.2) is 0 Å². The van der Waals surface area contributed by atoms with Crippen LogP contribution in [-0.4, -0.2) is 5.11 Å². The molecule has 1 unspecified atom stereocenters. The first-order chi connectivity index (χ1) is 7.25. The van der Waals surface area contributed by atoms with Crippen molar-refractivity contribution >= 4 is 11.6 Å². The summed E-state index contributed by atoms with van der Waals surface area (Å²) >= 11 is 5.89. The number of aliphatic hydroxyl groups excluding tert-OH is 1. The summed E-state index contributed by atoms with van der Waals surface area (Å²) in [6.07, 6.45) is 5.75. The van der Waals surface area contributed by atoms with Crippen molar-refractivity contribution in [1.29, 1.82) is 0 Å². The van der Waals surface area contributed by atoms with Crippen molar-refractivity contribution in [2.75, 3.05) is 0 Å². The van der Waals surface area contributed by atoms with Gasteiger partial charge in [-0.3, -0.25) is 0 Å². The van der Waals surface area contributed by atoms with E-state index in [0.717, 1.165) is 12.0 Å². The summed E-state index contributed by atoms with van der Waals surface area (Å²) in [6, 6.07) is 7.55. The van der Waals surface area contributed by atoms with Crippen molar-refractivity contribution in [3.8, 4) is 0 Å². The van der Waals surface area contributed by atoms with Gasteiger partial charge in [0.15, 0.2) is 0 Å². The van der Waals surface area contributed by atoms with E-state index in [4.69, 9.17) is 11.6 Å². The van der Waals surface area contributed by atoms with E-state index in [1.165, 1.54) is 25.7 Å². The molecule has 15 heavy (non-hydrogen) atoms. The average molecular weight is 225 g/mol. The SMILES string of the molecule is OC(CC1CCCC1)c1cccc(Cl)c1. The molecule has 1 aliphatic rings. The number of rotatable bonds is 3. The minimum absolute atomic E-state index is 0.341. The lowest BCUT2D eigenvalue weighted by molar-refractivity contribution is 0.145. The molecule has 82 valence electrons. The first-order valence-electron chi connectivity index (χ1n) is 5.69. The zero-order chi connectivity index (χ0) is 10.7. The van der Waals surface area contributed by atoms with Crippen LogP contribution in [0.5, 0.6) is 0 Å². The molecule has 1 atom stereocenters. The quantitative estimate of drug-likeness (QED) is 0.824. The molecular weight excluding hydrogens is 208 g/mol. The number of hydrogen-bond acceptors (Lipinski definition) is 1. The van der Waals surface area contributed by atoms with Gasteiger partial charge in [-0.05, 0) is 30.0 Å². The summed E-state index contributed by atoms with van der Waals surface area (Å²) in [5.41, 5.74) is 0.953. The summed E-state index contributed by atoms with van der Waals surface area (Å²) in [7, 11) is 0. The molecule has 0 bridgehead atoms. The van der Waals surface area contributed by atoms with Crippen LogP contribution in [0, 0.1) is 5.92 Å². The van der Waals surface area contributed by atoms with Gasteiger partial charge in [-0.2, -0.15) is 0 Å². The van der Waals surface area contributed by atoms with Crippen LogP contribution in [0.15, 0.2) is 24.3 Å². The van der Waals surface area contributed by atoms with Crippen molar-refractivity contribution in [1.82, 2.24) is 0 Å². The Morgan fingerprint density at radius 2 is 2.07 bits per heavy atom. The Bertz CT molecular complexity index is 318. The number of halogens is 1. The third kappa shape index (κ3) is 2.96. The van der Waals surface area contributed by atoms with E-state index in [-0.39, 0.29) is 6.10 Å². The maximum atomic E-state index is 10.0. The fraction of sp³-hybridized carbons (Fsp3) is 0.538. The predicted molar refractivity (Wildman–Crippen MR) is 63.0 cm³/mol. The minimum Gasteiger partial charge on any atom is -0.388 e. The number of hydrogen-bond donors (Lipinski definition) is 1. The summed E-state index contributed by atoms with van der Waals surface area (Å²) in [5.74, 6) is 0.707. The Balaban J connectivity index is 1.97. The van der Waals surface area contributed by atoms with Crippen LogP contribution in [0.3, 0.4) is 0 Å². The Hall–Kier alpha value is -0.530. The zero-order valence-electron chi connectivity index (χ0n) is 8.82. The molecule has 0 aliphatic heterocycles. The van der Waals surface area contributed by atoms with Crippen LogP contribution in [0.4, 0.5) is 0 Å². The van der Waals surface area contributed by atoms with Gasteiger partial charge in [0.05, 0.1) is 6.10 Å². The van der Waals surface area contributed by atoms with Crippen LogP contribution in [0.1, 0.15) is 43.8 Å². The van der Waals surface area contributed by atoms with Crippen LogP contribution in [0.2, 0.25) is 5.02 Å². The molecule has 1 saturated carbocycles. The van der Waals surface area contributed by atoms with Crippen LogP contribution in [0.25, 0.3) is 0 Å². The predicted octanol–water partition coefficient (Wildman–Crippen LogP) is 3.95. The lowest BCUT2D eigenvalue weighted by atomic mass is 9.96. The third-order valence-electron chi connectivity index (χ3n) is 3.26. The molecule has 1 N–H and O–H groups in total. The van der Waals surface area contributed by atoms with Crippen molar-refractivity contribution in [2.45, 2.75) is 38.2 Å². The monoisotopic (exact) mass is 224 g/mol. The molecule has 2 rings (SSSR count). The highest BCUT2D eigenvalue weighted by Gasteiger charge is 2.19. The van der Waals surface area contributed by atoms with Gasteiger partial charge in [-0.1, -0.05) is 49.4 Å². The second kappa shape index (κ2) is 5.00. The Morgan fingerprint density at radius 3 is 2.73 bits per heavy atom. The Kier molecular flexibility index (Phi) is 3.66. The van der Waals surface area contributed by atoms with Gasteiger partial charge in [0.1, 0.15) is 0 Å². The van der Waals surface area contributed by atoms with Gasteiger partial charge in [0.2, 0.25) is 0 Å². The van der Waals surface area contributed by atoms with E-state index < -0.39 is 0 Å². The molecule has 1 aromatic rings. The highest BCUT2D eigenvalue weighted by molar-refractivity contribution is 6.30. The molecule has 1 aromatic carbocycles. The minimum atomic E-state index is -0.341. The molecule has 1 nitrogen and oxygen atoms in total. The van der Waals surface area contributed by atoms with Crippen molar-refractivity contribution in [3.05, 3.63) is 34.9 Å². The smallest absolute Gasteiger partial charge is 0.0793 e. The lowest BCUT2D eigenvalue weighted by Gasteiger charge is -2.15. The maximum Gasteiger partial charge on any atom is 0.0793 e. The van der Waals surface area contributed by atoms with E-state index in [1.54, 1.807) is 0 Å². The topological polar surface area (TPSA) is 20.2 Å². The summed E-state index contributed by atoms with van der Waals surface area (Å²) in [5, 5.41) is 10.8. The molecule has 0 radical (unpaired) electrons. The zero-order valence-corrected chi connectivity index (χ0v) is 9.58. The first kappa shape index (κ1) is 11.0. The summed E-state index contributed by atoms with van der Waals surface area (Å²) in [6.45, 7) is 0. The number of aliphatic hydroxyl groups is 1. The molecule has 0 heterocycles. The van der Waals surface area contributed by atoms with Crippen LogP contribution in [-0.2, 0) is 0 Å². The van der Waals surface area contributed by atoms with Gasteiger partial charge in [-0.15, -0.1) is 0 Å². The van der Waals surface area contributed by atoms with Crippen molar-refractivity contribution in [2.24, 2.45) is 5.92 Å². The molecule has 0 spiro atoms. The van der Waals surface area contributed by atoms with Crippen molar-refractivity contribution < 1.29 is 5.11 Å².